The summed E-state index contributed by atoms with van der Waals surface area (Å²) in [6, 6.07) is 10.4. The molecule has 0 spiro atoms. The number of pyridine rings is 1. The SMILES string of the molecule is CCC(OCc1ccc(C(F)(F)F)cc1)c1cccc(OC)n1. The van der Waals surface area contributed by atoms with Gasteiger partial charge in [0.25, 0.3) is 0 Å². The lowest BCUT2D eigenvalue weighted by molar-refractivity contribution is -0.137. The molecule has 1 heterocycles. The Balaban J connectivity index is 2.02. The first kappa shape index (κ1) is 17.3. The summed E-state index contributed by atoms with van der Waals surface area (Å²) in [6.07, 6.45) is -3.87. The Morgan fingerprint density at radius 2 is 1.78 bits per heavy atom. The van der Waals surface area contributed by atoms with E-state index in [1.807, 2.05) is 19.1 Å². The van der Waals surface area contributed by atoms with E-state index in [1.54, 1.807) is 6.07 Å². The monoisotopic (exact) mass is 325 g/mol. The summed E-state index contributed by atoms with van der Waals surface area (Å²) in [5.41, 5.74) is 0.751. The molecule has 2 aromatic rings. The van der Waals surface area contributed by atoms with Crippen LogP contribution in [0, 0.1) is 0 Å². The van der Waals surface area contributed by atoms with Crippen LogP contribution < -0.4 is 4.74 Å². The molecule has 0 aliphatic carbocycles. The molecule has 1 aromatic heterocycles. The fourth-order valence-electron chi connectivity index (χ4n) is 2.12. The molecule has 0 amide bonds. The van der Waals surface area contributed by atoms with Crippen LogP contribution in [0.4, 0.5) is 13.2 Å². The molecule has 3 nitrogen and oxygen atoms in total. The summed E-state index contributed by atoms with van der Waals surface area (Å²) in [5.74, 6) is 0.499. The van der Waals surface area contributed by atoms with Crippen LogP contribution in [0.3, 0.4) is 0 Å². The van der Waals surface area contributed by atoms with Crippen LogP contribution >= 0.6 is 0 Å². The predicted octanol–water partition coefficient (Wildman–Crippen LogP) is 4.78. The van der Waals surface area contributed by atoms with Gasteiger partial charge in [-0.2, -0.15) is 13.2 Å². The van der Waals surface area contributed by atoms with Gasteiger partial charge >= 0.3 is 6.18 Å². The van der Waals surface area contributed by atoms with Crippen molar-refractivity contribution < 1.29 is 22.6 Å². The molecule has 0 saturated heterocycles. The highest BCUT2D eigenvalue weighted by molar-refractivity contribution is 5.24. The highest BCUT2D eigenvalue weighted by Crippen LogP contribution is 2.29. The maximum absolute atomic E-state index is 12.5. The fraction of sp³-hybridized carbons (Fsp3) is 0.353. The van der Waals surface area contributed by atoms with Crippen LogP contribution in [-0.4, -0.2) is 12.1 Å². The number of hydrogen-bond donors (Lipinski definition) is 0. The molecule has 6 heteroatoms. The zero-order valence-electron chi connectivity index (χ0n) is 12.9. The molecule has 1 atom stereocenters. The lowest BCUT2D eigenvalue weighted by Crippen LogP contribution is -2.07. The van der Waals surface area contributed by atoms with Crippen LogP contribution in [0.15, 0.2) is 42.5 Å². The lowest BCUT2D eigenvalue weighted by atomic mass is 10.1. The third-order valence-electron chi connectivity index (χ3n) is 3.39. The first-order valence-corrected chi connectivity index (χ1v) is 7.22. The van der Waals surface area contributed by atoms with Gasteiger partial charge in [-0.3, -0.25) is 0 Å². The van der Waals surface area contributed by atoms with Crippen molar-refractivity contribution in [3.63, 3.8) is 0 Å². The van der Waals surface area contributed by atoms with Crippen molar-refractivity contribution in [3.8, 4) is 5.88 Å². The molecule has 1 unspecified atom stereocenters. The number of rotatable bonds is 6. The molecule has 0 saturated carbocycles. The molecular weight excluding hydrogens is 307 g/mol. The zero-order chi connectivity index (χ0) is 16.9. The van der Waals surface area contributed by atoms with Gasteiger partial charge in [0.15, 0.2) is 0 Å². The molecule has 0 radical (unpaired) electrons. The summed E-state index contributed by atoms with van der Waals surface area (Å²) >= 11 is 0. The van der Waals surface area contributed by atoms with Gasteiger partial charge in [0.05, 0.1) is 31.1 Å². The number of halogens is 3. The van der Waals surface area contributed by atoms with Crippen LogP contribution in [0.5, 0.6) is 5.88 Å². The molecule has 23 heavy (non-hydrogen) atoms. The summed E-state index contributed by atoms with van der Waals surface area (Å²) in [5, 5.41) is 0. The van der Waals surface area contributed by atoms with E-state index in [9.17, 15) is 13.2 Å². The van der Waals surface area contributed by atoms with Crippen molar-refractivity contribution in [2.45, 2.75) is 32.2 Å². The third-order valence-corrected chi connectivity index (χ3v) is 3.39. The van der Waals surface area contributed by atoms with Crippen LogP contribution in [0.1, 0.15) is 36.3 Å². The zero-order valence-corrected chi connectivity index (χ0v) is 12.9. The van der Waals surface area contributed by atoms with Crippen molar-refractivity contribution in [3.05, 3.63) is 59.3 Å². The summed E-state index contributed by atoms with van der Waals surface area (Å²) in [7, 11) is 1.54. The molecule has 0 aliphatic rings. The lowest BCUT2D eigenvalue weighted by Gasteiger charge is -2.16. The second-order valence-electron chi connectivity index (χ2n) is 5.01. The molecule has 1 aromatic carbocycles. The van der Waals surface area contributed by atoms with E-state index >= 15 is 0 Å². The first-order valence-electron chi connectivity index (χ1n) is 7.22. The summed E-state index contributed by atoms with van der Waals surface area (Å²) in [4.78, 5) is 4.33. The van der Waals surface area contributed by atoms with Gasteiger partial charge in [-0.15, -0.1) is 0 Å². The normalized spacial score (nSPS) is 12.9. The number of alkyl halides is 3. The Bertz CT molecular complexity index is 626. The first-order chi connectivity index (χ1) is 10.9. The number of benzene rings is 1. The molecule has 0 bridgehead atoms. The number of methoxy groups -OCH3 is 1. The average Bonchev–Trinajstić information content (AvgIpc) is 2.55. The second-order valence-corrected chi connectivity index (χ2v) is 5.01. The van der Waals surface area contributed by atoms with Gasteiger partial charge in [0.2, 0.25) is 5.88 Å². The largest absolute Gasteiger partial charge is 0.481 e. The minimum absolute atomic E-state index is 0.218. The number of ether oxygens (including phenoxy) is 2. The van der Waals surface area contributed by atoms with Crippen LogP contribution in [0.2, 0.25) is 0 Å². The van der Waals surface area contributed by atoms with E-state index in [1.165, 1.54) is 19.2 Å². The molecule has 2 rings (SSSR count). The molecule has 124 valence electrons. The number of nitrogens with zero attached hydrogens (tertiary/aromatic N) is 1. The van der Waals surface area contributed by atoms with Gasteiger partial charge in [0.1, 0.15) is 0 Å². The van der Waals surface area contributed by atoms with Gasteiger partial charge in [-0.25, -0.2) is 4.98 Å². The smallest absolute Gasteiger partial charge is 0.416 e. The maximum atomic E-state index is 12.5. The Morgan fingerprint density at radius 1 is 1.09 bits per heavy atom. The van der Waals surface area contributed by atoms with E-state index < -0.39 is 11.7 Å². The second kappa shape index (κ2) is 7.46. The quantitative estimate of drug-likeness (QED) is 0.766. The minimum Gasteiger partial charge on any atom is -0.481 e. The van der Waals surface area contributed by atoms with Crippen molar-refractivity contribution >= 4 is 0 Å². The topological polar surface area (TPSA) is 31.4 Å². The maximum Gasteiger partial charge on any atom is 0.416 e. The van der Waals surface area contributed by atoms with E-state index in [-0.39, 0.29) is 12.7 Å². The molecule has 0 N–H and O–H groups in total. The van der Waals surface area contributed by atoms with Gasteiger partial charge in [0, 0.05) is 6.07 Å². The summed E-state index contributed by atoms with van der Waals surface area (Å²) in [6.45, 7) is 2.17. The predicted molar refractivity (Wildman–Crippen MR) is 80.1 cm³/mol. The fourth-order valence-corrected chi connectivity index (χ4v) is 2.12. The third kappa shape index (κ3) is 4.69. The van der Waals surface area contributed by atoms with Gasteiger partial charge in [-0.05, 0) is 30.2 Å². The van der Waals surface area contributed by atoms with Crippen molar-refractivity contribution in [1.29, 1.82) is 0 Å². The Kier molecular flexibility index (Phi) is 5.60. The van der Waals surface area contributed by atoms with Crippen molar-refractivity contribution in [2.24, 2.45) is 0 Å². The molecule has 0 aliphatic heterocycles. The number of aromatic nitrogens is 1. The van der Waals surface area contributed by atoms with E-state index in [0.717, 1.165) is 17.8 Å². The molecule has 0 fully saturated rings. The highest BCUT2D eigenvalue weighted by Gasteiger charge is 2.29. The van der Waals surface area contributed by atoms with Gasteiger partial charge < -0.3 is 9.47 Å². The Hall–Kier alpha value is -2.08. The summed E-state index contributed by atoms with van der Waals surface area (Å²) < 4.78 is 48.5. The average molecular weight is 325 g/mol. The van der Waals surface area contributed by atoms with Crippen molar-refractivity contribution in [2.75, 3.05) is 7.11 Å². The standard InChI is InChI=1S/C17H18F3NO2/c1-3-15(14-5-4-6-16(21-14)22-2)23-11-12-7-9-13(10-8-12)17(18,19)20/h4-10,15H,3,11H2,1-2H3. The minimum atomic E-state index is -4.32. The van der Waals surface area contributed by atoms with E-state index in [0.29, 0.717) is 17.9 Å². The molecular formula is C17H18F3NO2. The van der Waals surface area contributed by atoms with Crippen LogP contribution in [-0.2, 0) is 17.5 Å². The highest BCUT2D eigenvalue weighted by atomic mass is 19.4. The Labute approximate surface area is 133 Å². The number of hydrogen-bond acceptors (Lipinski definition) is 3. The van der Waals surface area contributed by atoms with Crippen LogP contribution in [0.25, 0.3) is 0 Å². The van der Waals surface area contributed by atoms with E-state index in [2.05, 4.69) is 4.98 Å². The van der Waals surface area contributed by atoms with Gasteiger partial charge in [-0.1, -0.05) is 25.1 Å². The van der Waals surface area contributed by atoms with E-state index in [4.69, 9.17) is 9.47 Å². The Morgan fingerprint density at radius 3 is 2.35 bits per heavy atom. The van der Waals surface area contributed by atoms with Crippen molar-refractivity contribution in [1.82, 2.24) is 4.98 Å².